The largest absolute Gasteiger partial charge is 0.484 e. The van der Waals surface area contributed by atoms with Crippen molar-refractivity contribution in [2.75, 3.05) is 18.5 Å². The fourth-order valence-corrected chi connectivity index (χ4v) is 4.64. The predicted octanol–water partition coefficient (Wildman–Crippen LogP) is 6.89. The minimum Gasteiger partial charge on any atom is -0.484 e. The highest BCUT2D eigenvalue weighted by Crippen LogP contribution is 2.37. The molecule has 0 saturated carbocycles. The Kier molecular flexibility index (Phi) is 7.63. The van der Waals surface area contributed by atoms with Gasteiger partial charge in [0.25, 0.3) is 5.91 Å². The summed E-state index contributed by atoms with van der Waals surface area (Å²) in [6, 6.07) is 23.6. The van der Waals surface area contributed by atoms with Crippen molar-refractivity contribution in [3.63, 3.8) is 0 Å². The molecule has 0 aliphatic rings. The Morgan fingerprint density at radius 3 is 2.23 bits per heavy atom. The van der Waals surface area contributed by atoms with Gasteiger partial charge in [-0.25, -0.2) is 4.79 Å². The van der Waals surface area contributed by atoms with Gasteiger partial charge in [-0.15, -0.1) is 11.3 Å². The number of esters is 1. The van der Waals surface area contributed by atoms with E-state index in [2.05, 4.69) is 5.32 Å². The van der Waals surface area contributed by atoms with Crippen molar-refractivity contribution in [3.8, 4) is 28.0 Å². The topological polar surface area (TPSA) is 64.6 Å². The molecular formula is C29H27NO4S. The standard InChI is InChI=1S/C29H27NO4S/c1-4-33-29(32)27-25(23-11-10-19(2)20(3)16-23)18-35-28(27)30-26(31)17-34-24-14-12-22(13-15-24)21-8-6-5-7-9-21/h5-16,18H,4,17H2,1-3H3,(H,30,31). The summed E-state index contributed by atoms with van der Waals surface area (Å²) in [4.78, 5) is 25.5. The molecule has 0 spiro atoms. The molecule has 178 valence electrons. The summed E-state index contributed by atoms with van der Waals surface area (Å²) in [6.07, 6.45) is 0. The van der Waals surface area contributed by atoms with Crippen LogP contribution in [-0.4, -0.2) is 25.1 Å². The number of rotatable bonds is 8. The molecule has 6 heteroatoms. The second-order valence-electron chi connectivity index (χ2n) is 8.10. The third kappa shape index (κ3) is 5.78. The molecule has 1 aromatic heterocycles. The van der Waals surface area contributed by atoms with Gasteiger partial charge in [0.2, 0.25) is 0 Å². The average molecular weight is 486 g/mol. The number of benzene rings is 3. The summed E-state index contributed by atoms with van der Waals surface area (Å²) >= 11 is 1.30. The maximum atomic E-state index is 12.8. The summed E-state index contributed by atoms with van der Waals surface area (Å²) in [6.45, 7) is 5.90. The average Bonchev–Trinajstić information content (AvgIpc) is 3.29. The van der Waals surface area contributed by atoms with Crippen LogP contribution in [0.15, 0.2) is 78.2 Å². The zero-order chi connectivity index (χ0) is 24.8. The third-order valence-corrected chi connectivity index (χ3v) is 6.57. The van der Waals surface area contributed by atoms with E-state index < -0.39 is 5.97 Å². The molecule has 3 aromatic carbocycles. The zero-order valence-electron chi connectivity index (χ0n) is 20.0. The summed E-state index contributed by atoms with van der Waals surface area (Å²) < 4.78 is 11.0. The van der Waals surface area contributed by atoms with E-state index in [0.29, 0.717) is 16.3 Å². The van der Waals surface area contributed by atoms with E-state index in [0.717, 1.165) is 27.8 Å². The molecule has 5 nitrogen and oxygen atoms in total. The molecule has 0 saturated heterocycles. The van der Waals surface area contributed by atoms with Gasteiger partial charge in [0, 0.05) is 10.9 Å². The second-order valence-corrected chi connectivity index (χ2v) is 8.98. The van der Waals surface area contributed by atoms with Gasteiger partial charge in [0.1, 0.15) is 16.3 Å². The van der Waals surface area contributed by atoms with E-state index in [1.807, 2.05) is 92.0 Å². The number of carbonyl (C=O) groups excluding carboxylic acids is 2. The number of amides is 1. The van der Waals surface area contributed by atoms with Crippen LogP contribution in [0.25, 0.3) is 22.3 Å². The molecular weight excluding hydrogens is 458 g/mol. The van der Waals surface area contributed by atoms with Crippen LogP contribution in [0.5, 0.6) is 5.75 Å². The number of thiophene rings is 1. The Labute approximate surface area is 209 Å². The molecule has 4 aromatic rings. The van der Waals surface area contributed by atoms with E-state index in [9.17, 15) is 9.59 Å². The van der Waals surface area contributed by atoms with Crippen molar-refractivity contribution >= 4 is 28.2 Å². The van der Waals surface area contributed by atoms with Crippen molar-refractivity contribution in [2.45, 2.75) is 20.8 Å². The van der Waals surface area contributed by atoms with E-state index in [1.165, 1.54) is 16.9 Å². The van der Waals surface area contributed by atoms with Gasteiger partial charge in [0.05, 0.1) is 6.61 Å². The normalized spacial score (nSPS) is 10.6. The Morgan fingerprint density at radius 1 is 0.857 bits per heavy atom. The van der Waals surface area contributed by atoms with Gasteiger partial charge in [0.15, 0.2) is 6.61 Å². The number of hydrogen-bond acceptors (Lipinski definition) is 5. The Balaban J connectivity index is 1.47. The minimum atomic E-state index is -0.463. The van der Waals surface area contributed by atoms with E-state index in [4.69, 9.17) is 9.47 Å². The number of anilines is 1. The number of nitrogens with one attached hydrogen (secondary N) is 1. The lowest BCUT2D eigenvalue weighted by Gasteiger charge is -2.11. The zero-order valence-corrected chi connectivity index (χ0v) is 20.8. The van der Waals surface area contributed by atoms with Crippen LogP contribution in [0.3, 0.4) is 0 Å². The van der Waals surface area contributed by atoms with Crippen LogP contribution in [0.4, 0.5) is 5.00 Å². The van der Waals surface area contributed by atoms with Crippen molar-refractivity contribution in [1.29, 1.82) is 0 Å². The smallest absolute Gasteiger partial charge is 0.341 e. The van der Waals surface area contributed by atoms with Crippen LogP contribution in [0, 0.1) is 13.8 Å². The molecule has 0 aliphatic carbocycles. The minimum absolute atomic E-state index is 0.177. The van der Waals surface area contributed by atoms with Gasteiger partial charge in [-0.05, 0) is 60.7 Å². The number of carbonyl (C=O) groups is 2. The van der Waals surface area contributed by atoms with Crippen LogP contribution in [0.1, 0.15) is 28.4 Å². The molecule has 0 bridgehead atoms. The number of ether oxygens (including phenoxy) is 2. The Morgan fingerprint density at radius 2 is 1.54 bits per heavy atom. The molecule has 1 amide bonds. The first-order chi connectivity index (χ1) is 17.0. The number of aryl methyl sites for hydroxylation is 2. The molecule has 0 unspecified atom stereocenters. The molecule has 35 heavy (non-hydrogen) atoms. The first-order valence-corrected chi connectivity index (χ1v) is 12.3. The van der Waals surface area contributed by atoms with Crippen molar-refractivity contribution < 1.29 is 19.1 Å². The van der Waals surface area contributed by atoms with Crippen molar-refractivity contribution in [2.24, 2.45) is 0 Å². The van der Waals surface area contributed by atoms with E-state index in [1.54, 1.807) is 6.92 Å². The molecule has 1 heterocycles. The fraction of sp³-hybridized carbons (Fsp3) is 0.172. The number of hydrogen-bond donors (Lipinski definition) is 1. The van der Waals surface area contributed by atoms with Gasteiger partial charge in [-0.2, -0.15) is 0 Å². The lowest BCUT2D eigenvalue weighted by Crippen LogP contribution is -2.21. The third-order valence-electron chi connectivity index (χ3n) is 5.67. The molecule has 0 atom stereocenters. The summed E-state index contributed by atoms with van der Waals surface area (Å²) in [5.74, 6) is -0.224. The molecule has 0 radical (unpaired) electrons. The SMILES string of the molecule is CCOC(=O)c1c(-c2ccc(C)c(C)c2)csc1NC(=O)COc1ccc(-c2ccccc2)cc1. The van der Waals surface area contributed by atoms with Gasteiger partial charge in [-0.3, -0.25) is 4.79 Å². The lowest BCUT2D eigenvalue weighted by molar-refractivity contribution is -0.118. The highest BCUT2D eigenvalue weighted by atomic mass is 32.1. The van der Waals surface area contributed by atoms with Crippen molar-refractivity contribution in [3.05, 3.63) is 94.9 Å². The van der Waals surface area contributed by atoms with Gasteiger partial charge < -0.3 is 14.8 Å². The maximum absolute atomic E-state index is 12.8. The summed E-state index contributed by atoms with van der Waals surface area (Å²) in [7, 11) is 0. The van der Waals surface area contributed by atoms with Crippen LogP contribution in [-0.2, 0) is 9.53 Å². The Hall–Kier alpha value is -3.90. The van der Waals surface area contributed by atoms with Crippen molar-refractivity contribution in [1.82, 2.24) is 0 Å². The maximum Gasteiger partial charge on any atom is 0.341 e. The molecule has 4 rings (SSSR count). The first-order valence-electron chi connectivity index (χ1n) is 11.4. The second kappa shape index (κ2) is 11.0. The quantitative estimate of drug-likeness (QED) is 0.276. The molecule has 1 N–H and O–H groups in total. The van der Waals surface area contributed by atoms with Gasteiger partial charge >= 0.3 is 5.97 Å². The van der Waals surface area contributed by atoms with Crippen LogP contribution >= 0.6 is 11.3 Å². The van der Waals surface area contributed by atoms with Gasteiger partial charge in [-0.1, -0.05) is 60.7 Å². The van der Waals surface area contributed by atoms with E-state index >= 15 is 0 Å². The molecule has 0 fully saturated rings. The molecule has 0 aliphatic heterocycles. The Bertz CT molecular complexity index is 1330. The monoisotopic (exact) mass is 485 g/mol. The summed E-state index contributed by atoms with van der Waals surface area (Å²) in [5.41, 5.74) is 6.48. The van der Waals surface area contributed by atoms with E-state index in [-0.39, 0.29) is 19.1 Å². The predicted molar refractivity (Wildman–Crippen MR) is 141 cm³/mol. The van der Waals surface area contributed by atoms with Crippen LogP contribution < -0.4 is 10.1 Å². The summed E-state index contributed by atoms with van der Waals surface area (Å²) in [5, 5.41) is 5.15. The highest BCUT2D eigenvalue weighted by molar-refractivity contribution is 7.15. The lowest BCUT2D eigenvalue weighted by atomic mass is 9.99. The van der Waals surface area contributed by atoms with Crippen LogP contribution in [0.2, 0.25) is 0 Å². The highest BCUT2D eigenvalue weighted by Gasteiger charge is 2.23. The fourth-order valence-electron chi connectivity index (χ4n) is 3.66. The first kappa shape index (κ1) is 24.2.